The molecule has 0 bridgehead atoms. The third kappa shape index (κ3) is 2.97. The van der Waals surface area contributed by atoms with Crippen LogP contribution in [0.1, 0.15) is 5.56 Å². The maximum atomic E-state index is 6.04. The number of aromatic nitrogens is 2. The number of aryl methyl sites for hydroxylation is 1. The van der Waals surface area contributed by atoms with Crippen LogP contribution in [0.2, 0.25) is 5.02 Å². The summed E-state index contributed by atoms with van der Waals surface area (Å²) >= 11 is 6.04. The molecule has 5 N–H and O–H groups in total. The Morgan fingerprint density at radius 2 is 1.95 bits per heavy atom. The minimum Gasteiger partial charge on any atom is -0.495 e. The number of hydrogen-bond acceptors (Lipinski definition) is 6. The Morgan fingerprint density at radius 1 is 1.21 bits per heavy atom. The predicted molar refractivity (Wildman–Crippen MR) is 76.9 cm³/mol. The topological polar surface area (TPSA) is 99.1 Å². The lowest BCUT2D eigenvalue weighted by Gasteiger charge is -2.13. The molecule has 2 rings (SSSR count). The molecule has 2 aromatic rings. The third-order valence-electron chi connectivity index (χ3n) is 2.51. The molecular weight excluding hydrogens is 266 g/mol. The molecule has 19 heavy (non-hydrogen) atoms. The van der Waals surface area contributed by atoms with E-state index in [9.17, 15) is 0 Å². The lowest BCUT2D eigenvalue weighted by molar-refractivity contribution is 0.416. The van der Waals surface area contributed by atoms with Crippen molar-refractivity contribution >= 4 is 34.9 Å². The molecule has 0 spiro atoms. The first-order chi connectivity index (χ1) is 8.99. The zero-order valence-electron chi connectivity index (χ0n) is 10.6. The van der Waals surface area contributed by atoms with E-state index in [1.807, 2.05) is 13.0 Å². The fraction of sp³-hybridized carbons (Fsp3) is 0.167. The van der Waals surface area contributed by atoms with Crippen molar-refractivity contribution in [1.29, 1.82) is 0 Å². The minimum atomic E-state index is 0.104. The standard InChI is InChI=1S/C12H14ClN5O/c1-6-3-8(9(19-2)4-7(6)13)16-11-5-10(14)17-12(15)18-11/h3-5H,1-2H3,(H5,14,15,16,17,18). The zero-order valence-corrected chi connectivity index (χ0v) is 11.3. The minimum absolute atomic E-state index is 0.104. The van der Waals surface area contributed by atoms with Gasteiger partial charge in [-0.15, -0.1) is 0 Å². The Balaban J connectivity index is 2.39. The maximum Gasteiger partial charge on any atom is 0.223 e. The molecule has 0 saturated heterocycles. The molecule has 0 aliphatic rings. The van der Waals surface area contributed by atoms with Gasteiger partial charge in [0.05, 0.1) is 12.8 Å². The van der Waals surface area contributed by atoms with Gasteiger partial charge in [-0.3, -0.25) is 0 Å². The number of rotatable bonds is 3. The molecule has 1 heterocycles. The predicted octanol–water partition coefficient (Wildman–Crippen LogP) is 2.36. The summed E-state index contributed by atoms with van der Waals surface area (Å²) in [7, 11) is 1.56. The molecular formula is C12H14ClN5O. The van der Waals surface area contributed by atoms with Crippen LogP contribution in [0, 0.1) is 6.92 Å². The highest BCUT2D eigenvalue weighted by molar-refractivity contribution is 6.31. The highest BCUT2D eigenvalue weighted by atomic mass is 35.5. The van der Waals surface area contributed by atoms with Crippen LogP contribution in [0.15, 0.2) is 18.2 Å². The zero-order chi connectivity index (χ0) is 14.0. The molecule has 0 aliphatic heterocycles. The second-order valence-electron chi connectivity index (χ2n) is 3.96. The van der Waals surface area contributed by atoms with E-state index in [0.717, 1.165) is 11.3 Å². The summed E-state index contributed by atoms with van der Waals surface area (Å²) in [5.74, 6) is 1.49. The van der Waals surface area contributed by atoms with Gasteiger partial charge in [0.1, 0.15) is 17.4 Å². The van der Waals surface area contributed by atoms with Crippen LogP contribution >= 0.6 is 11.6 Å². The van der Waals surface area contributed by atoms with Gasteiger partial charge in [0.15, 0.2) is 0 Å². The number of ether oxygens (including phenoxy) is 1. The monoisotopic (exact) mass is 279 g/mol. The van der Waals surface area contributed by atoms with Crippen LogP contribution in [-0.2, 0) is 0 Å². The quantitative estimate of drug-likeness (QED) is 0.797. The Bertz CT molecular complexity index is 597. The molecule has 1 aromatic heterocycles. The number of hydrogen-bond donors (Lipinski definition) is 3. The molecule has 0 atom stereocenters. The Hall–Kier alpha value is -2.21. The van der Waals surface area contributed by atoms with Gasteiger partial charge in [0.2, 0.25) is 5.95 Å². The van der Waals surface area contributed by atoms with Gasteiger partial charge < -0.3 is 21.5 Å². The number of anilines is 4. The number of halogens is 1. The molecule has 100 valence electrons. The lowest BCUT2D eigenvalue weighted by atomic mass is 10.2. The number of methoxy groups -OCH3 is 1. The van der Waals surface area contributed by atoms with E-state index < -0.39 is 0 Å². The van der Waals surface area contributed by atoms with E-state index in [0.29, 0.717) is 22.4 Å². The molecule has 0 amide bonds. The summed E-state index contributed by atoms with van der Waals surface area (Å²) in [6, 6.07) is 5.17. The number of nitrogens with one attached hydrogen (secondary N) is 1. The van der Waals surface area contributed by atoms with Gasteiger partial charge in [-0.1, -0.05) is 11.6 Å². The molecule has 0 aliphatic carbocycles. The van der Waals surface area contributed by atoms with Crippen LogP contribution in [-0.4, -0.2) is 17.1 Å². The normalized spacial score (nSPS) is 10.3. The third-order valence-corrected chi connectivity index (χ3v) is 2.91. The summed E-state index contributed by atoms with van der Waals surface area (Å²) in [5, 5.41) is 3.71. The fourth-order valence-electron chi connectivity index (χ4n) is 1.62. The first-order valence-electron chi connectivity index (χ1n) is 5.51. The van der Waals surface area contributed by atoms with Crippen molar-refractivity contribution in [3.05, 3.63) is 28.8 Å². The average Bonchev–Trinajstić information content (AvgIpc) is 2.32. The van der Waals surface area contributed by atoms with Crippen molar-refractivity contribution in [1.82, 2.24) is 9.97 Å². The Morgan fingerprint density at radius 3 is 2.58 bits per heavy atom. The first-order valence-corrected chi connectivity index (χ1v) is 5.88. The van der Waals surface area contributed by atoms with Crippen molar-refractivity contribution in [3.8, 4) is 5.75 Å². The molecule has 0 unspecified atom stereocenters. The van der Waals surface area contributed by atoms with Crippen LogP contribution in [0.3, 0.4) is 0 Å². The lowest BCUT2D eigenvalue weighted by Crippen LogP contribution is -2.04. The van der Waals surface area contributed by atoms with Crippen molar-refractivity contribution < 1.29 is 4.74 Å². The second-order valence-corrected chi connectivity index (χ2v) is 4.37. The van der Waals surface area contributed by atoms with Gasteiger partial charge in [-0.2, -0.15) is 9.97 Å². The smallest absolute Gasteiger partial charge is 0.223 e. The molecule has 0 radical (unpaired) electrons. The largest absolute Gasteiger partial charge is 0.495 e. The molecule has 1 aromatic carbocycles. The van der Waals surface area contributed by atoms with Gasteiger partial charge in [-0.05, 0) is 18.6 Å². The highest BCUT2D eigenvalue weighted by Gasteiger charge is 2.09. The van der Waals surface area contributed by atoms with Gasteiger partial charge in [0.25, 0.3) is 0 Å². The van der Waals surface area contributed by atoms with E-state index in [1.165, 1.54) is 0 Å². The fourth-order valence-corrected chi connectivity index (χ4v) is 1.77. The molecule has 0 fully saturated rings. The Labute approximate surface area is 115 Å². The van der Waals surface area contributed by atoms with Crippen LogP contribution in [0.5, 0.6) is 5.75 Å². The van der Waals surface area contributed by atoms with Crippen LogP contribution in [0.25, 0.3) is 0 Å². The van der Waals surface area contributed by atoms with Crippen LogP contribution < -0.4 is 21.5 Å². The number of nitrogens with zero attached hydrogens (tertiary/aromatic N) is 2. The van der Waals surface area contributed by atoms with Crippen molar-refractivity contribution in [3.63, 3.8) is 0 Å². The van der Waals surface area contributed by atoms with E-state index in [-0.39, 0.29) is 5.95 Å². The second kappa shape index (κ2) is 5.19. The summed E-state index contributed by atoms with van der Waals surface area (Å²) < 4.78 is 5.26. The van der Waals surface area contributed by atoms with Crippen molar-refractivity contribution in [2.75, 3.05) is 23.9 Å². The first kappa shape index (κ1) is 13.2. The number of benzene rings is 1. The van der Waals surface area contributed by atoms with E-state index in [1.54, 1.807) is 19.2 Å². The van der Waals surface area contributed by atoms with E-state index in [4.69, 9.17) is 27.8 Å². The summed E-state index contributed by atoms with van der Waals surface area (Å²) in [6.07, 6.45) is 0. The summed E-state index contributed by atoms with van der Waals surface area (Å²) in [6.45, 7) is 1.90. The highest BCUT2D eigenvalue weighted by Crippen LogP contribution is 2.32. The maximum absolute atomic E-state index is 6.04. The molecule has 6 nitrogen and oxygen atoms in total. The van der Waals surface area contributed by atoms with Crippen LogP contribution in [0.4, 0.5) is 23.3 Å². The molecule has 7 heteroatoms. The number of nitrogens with two attached hydrogens (primary N) is 2. The van der Waals surface area contributed by atoms with Gasteiger partial charge in [-0.25, -0.2) is 0 Å². The van der Waals surface area contributed by atoms with Crippen molar-refractivity contribution in [2.45, 2.75) is 6.92 Å². The molecule has 0 saturated carbocycles. The Kier molecular flexibility index (Phi) is 3.62. The van der Waals surface area contributed by atoms with Gasteiger partial charge in [0, 0.05) is 17.2 Å². The SMILES string of the molecule is COc1cc(Cl)c(C)cc1Nc1cc(N)nc(N)n1. The summed E-state index contributed by atoms with van der Waals surface area (Å²) in [5.41, 5.74) is 12.8. The van der Waals surface area contributed by atoms with E-state index in [2.05, 4.69) is 15.3 Å². The summed E-state index contributed by atoms with van der Waals surface area (Å²) in [4.78, 5) is 7.85. The van der Waals surface area contributed by atoms with Gasteiger partial charge >= 0.3 is 0 Å². The van der Waals surface area contributed by atoms with Crippen molar-refractivity contribution in [2.24, 2.45) is 0 Å². The van der Waals surface area contributed by atoms with E-state index >= 15 is 0 Å². The average molecular weight is 280 g/mol. The number of nitrogen functional groups attached to an aromatic ring is 2.